The van der Waals surface area contributed by atoms with Gasteiger partial charge in [0.05, 0.1) is 6.61 Å². The maximum absolute atomic E-state index is 12.4. The van der Waals surface area contributed by atoms with Gasteiger partial charge in [-0.2, -0.15) is 0 Å². The zero-order valence-electron chi connectivity index (χ0n) is 16.5. The van der Waals surface area contributed by atoms with Crippen molar-refractivity contribution in [1.29, 1.82) is 0 Å². The van der Waals surface area contributed by atoms with Gasteiger partial charge < -0.3 is 4.74 Å². The molecule has 2 N–H and O–H groups in total. The summed E-state index contributed by atoms with van der Waals surface area (Å²) in [6.45, 7) is 1.52. The van der Waals surface area contributed by atoms with E-state index in [0.29, 0.717) is 0 Å². The first-order valence-corrected chi connectivity index (χ1v) is 15.0. The monoisotopic (exact) mass is 656 g/mol. The van der Waals surface area contributed by atoms with Gasteiger partial charge in [-0.05, 0) is 15.1 Å². The minimum absolute atomic E-state index is 0.676. The Morgan fingerprint density at radius 2 is 1.32 bits per heavy atom. The van der Waals surface area contributed by atoms with Crippen LogP contribution < -0.4 is 0 Å². The van der Waals surface area contributed by atoms with Gasteiger partial charge in [-0.3, -0.25) is 4.52 Å². The topological polar surface area (TPSA) is 318 Å². The average molecular weight is 656 g/mol. The molecule has 27 nitrogen and oxygen atoms in total. The highest BCUT2D eigenvalue weighted by Crippen LogP contribution is 2.69. The first-order chi connectivity index (χ1) is 17.3. The maximum atomic E-state index is 12.4. The summed E-state index contributed by atoms with van der Waals surface area (Å²) in [4.78, 5) is 11.0. The number of ether oxygens (including phenoxy) is 1. The van der Waals surface area contributed by atoms with E-state index >= 15 is 0 Å². The molecule has 3 aliphatic rings. The first-order valence-electron chi connectivity index (χ1n) is 7.70. The molecule has 3 rings (SSSR count). The van der Waals surface area contributed by atoms with Crippen molar-refractivity contribution in [2.45, 2.75) is 0 Å². The van der Waals surface area contributed by atoms with Crippen molar-refractivity contribution in [3.05, 3.63) is 12.7 Å². The predicted octanol–water partition coefficient (Wildman–Crippen LogP) is 2.76. The fourth-order valence-corrected chi connectivity index (χ4v) is 4.52. The van der Waals surface area contributed by atoms with Crippen LogP contribution in [0, 0.1) is 0 Å². The molecule has 0 aromatic heterocycles. The molecule has 0 aliphatic carbocycles. The Bertz CT molecular complexity index is 993. The van der Waals surface area contributed by atoms with E-state index in [-0.39, 0.29) is 0 Å². The van der Waals surface area contributed by atoms with E-state index < -0.39 is 58.3 Å². The van der Waals surface area contributed by atoms with Crippen molar-refractivity contribution >= 4 is 45.1 Å². The second-order valence-electron chi connectivity index (χ2n) is 4.70. The van der Waals surface area contributed by atoms with Crippen molar-refractivity contribution in [2.24, 2.45) is 0 Å². The lowest BCUT2D eigenvalue weighted by Crippen LogP contribution is -2.14. The number of hydrogen-bond donors (Lipinski definition) is 2. The minimum Gasteiger partial charge on any atom is -0.460 e. The summed E-state index contributed by atoms with van der Waals surface area (Å²) >= 11 is 0. The number of carbonyl (C=O) groups excluding carboxylic acids is 1. The number of carbonyl (C=O) groups is 1. The van der Waals surface area contributed by atoms with Crippen LogP contribution in [0.15, 0.2) is 12.7 Å². The van der Waals surface area contributed by atoms with E-state index in [0.717, 1.165) is 6.08 Å². The zero-order chi connectivity index (χ0) is 27.6. The van der Waals surface area contributed by atoms with Gasteiger partial charge in [-0.1, -0.05) is 34.6 Å². The molecule has 2 atom stereocenters. The highest BCUT2D eigenvalue weighted by Gasteiger charge is 2.53. The van der Waals surface area contributed by atoms with E-state index in [4.69, 9.17) is 10.5 Å². The lowest BCUT2D eigenvalue weighted by atomic mass is 10.6. The van der Waals surface area contributed by atoms with Gasteiger partial charge in [0.1, 0.15) is 6.61 Å². The van der Waals surface area contributed by atoms with Gasteiger partial charge in [0.25, 0.3) is 0 Å². The summed E-state index contributed by atoms with van der Waals surface area (Å²) in [5, 5.41) is 27.5. The van der Waals surface area contributed by atoms with Crippen molar-refractivity contribution in [3.63, 3.8) is 0 Å². The second-order valence-corrected chi connectivity index (χ2v) is 11.5. The van der Waals surface area contributed by atoms with Crippen LogP contribution in [0.1, 0.15) is 0 Å². The quantitative estimate of drug-likeness (QED) is 0.0639. The Labute approximate surface area is 199 Å². The molecule has 0 spiro atoms. The fraction of sp³-hybridized carbons (Fsp3) is 0.400. The summed E-state index contributed by atoms with van der Waals surface area (Å²) in [6, 6.07) is 0. The van der Waals surface area contributed by atoms with Crippen molar-refractivity contribution in [3.8, 4) is 0 Å². The fourth-order valence-electron chi connectivity index (χ4n) is 1.07. The Morgan fingerprint density at radius 1 is 0.784 bits per heavy atom. The summed E-state index contributed by atoms with van der Waals surface area (Å²) in [6.07, 6.45) is 0.734. The van der Waals surface area contributed by atoms with Gasteiger partial charge in [0.2, 0.25) is 0 Å². The van der Waals surface area contributed by atoms with Crippen molar-refractivity contribution < 1.29 is 128 Å². The van der Waals surface area contributed by atoms with E-state index in [9.17, 15) is 27.6 Å². The van der Waals surface area contributed by atoms with Crippen LogP contribution in [0.2, 0.25) is 0 Å². The molecule has 3 fully saturated rings. The highest BCUT2D eigenvalue weighted by molar-refractivity contribution is 7.53. The van der Waals surface area contributed by atoms with Crippen molar-refractivity contribution in [1.82, 2.24) is 0 Å². The van der Waals surface area contributed by atoms with E-state index in [1.807, 2.05) is 0 Å². The summed E-state index contributed by atoms with van der Waals surface area (Å²) < 4.78 is 121. The number of hydrogen-bond acceptors (Lipinski definition) is 27. The Balaban J connectivity index is 1.99. The Hall–Kier alpha value is -0.440. The molecule has 0 saturated carbocycles. The molecule has 216 valence electrons. The number of rotatable bonds is 15. The van der Waals surface area contributed by atoms with E-state index in [1.165, 1.54) is 0 Å². The molecule has 0 amide bonds. The van der Waals surface area contributed by atoms with Gasteiger partial charge in [-0.15, -0.1) is 37.4 Å². The Kier molecular flexibility index (Phi) is 12.6. The third-order valence-corrected chi connectivity index (χ3v) is 6.58. The summed E-state index contributed by atoms with van der Waals surface area (Å²) in [7, 11) is -26.2. The van der Waals surface area contributed by atoms with Crippen LogP contribution in [0.3, 0.4) is 0 Å². The molecule has 2 bridgehead atoms. The zero-order valence-corrected chi connectivity index (χ0v) is 21.0. The molecule has 3 aliphatic heterocycles. The predicted molar refractivity (Wildman–Crippen MR) is 88.8 cm³/mol. The van der Waals surface area contributed by atoms with Gasteiger partial charge in [-0.25, -0.2) is 38.1 Å². The molecule has 3 heterocycles. The normalized spacial score (nSPS) is 30.3. The molecule has 37 heavy (non-hydrogen) atoms. The molecule has 0 radical (unpaired) electrons. The Morgan fingerprint density at radius 3 is 1.92 bits per heavy atom. The third kappa shape index (κ3) is 10.9. The summed E-state index contributed by atoms with van der Waals surface area (Å²) in [5.74, 6) is -0.968. The van der Waals surface area contributed by atoms with Gasteiger partial charge in [0.15, 0.2) is 0 Å². The van der Waals surface area contributed by atoms with Crippen LogP contribution >= 0.6 is 39.1 Å². The molecule has 32 heteroatoms. The average Bonchev–Trinajstić information content (AvgIpc) is 2.87. The van der Waals surface area contributed by atoms with Crippen LogP contribution in [-0.2, 0) is 117 Å². The van der Waals surface area contributed by atoms with Crippen LogP contribution in [-0.4, -0.2) is 29.7 Å². The van der Waals surface area contributed by atoms with E-state index in [2.05, 4.69) is 96.4 Å². The highest BCUT2D eigenvalue weighted by atomic mass is 31.2. The maximum Gasteiger partial charge on any atom is 0.561 e. The third-order valence-electron chi connectivity index (χ3n) is 2.32. The lowest BCUT2D eigenvalue weighted by molar-refractivity contribution is -0.492. The second kappa shape index (κ2) is 14.3. The molecule has 2 unspecified atom stereocenters. The number of phosphoric acid groups is 5. The van der Waals surface area contributed by atoms with E-state index in [1.54, 1.807) is 0 Å². The van der Waals surface area contributed by atoms with Crippen LogP contribution in [0.4, 0.5) is 0 Å². The molecule has 0 aromatic rings. The van der Waals surface area contributed by atoms with Crippen LogP contribution in [0.25, 0.3) is 0 Å². The smallest absolute Gasteiger partial charge is 0.460 e. The van der Waals surface area contributed by atoms with Crippen molar-refractivity contribution in [2.75, 3.05) is 13.2 Å². The molecule has 3 saturated heterocycles. The largest absolute Gasteiger partial charge is 0.561 e. The SMILES string of the molecule is C=CC(=O)OCCOP(=O)(OOOP(=O)(OO)OO)OOOP1(=O)OOOP2(=O)OOP(=O)(OO1)OO2. The van der Waals surface area contributed by atoms with Gasteiger partial charge in [0, 0.05) is 6.08 Å². The molecule has 0 aromatic carbocycles. The number of fused-ring (bicyclic) bond motifs is 7. The summed E-state index contributed by atoms with van der Waals surface area (Å²) in [5.41, 5.74) is 0. The first kappa shape index (κ1) is 32.8. The number of esters is 1. The standard InChI is InChI=1S/C5H9O27P5/c1-2-5(6)14-3-4-15-33(9,21-18-23-34(10,16-7)17-8)22-19-24-35(11)25-20-26-36(12)28-31-37(13,30-27-35)32-29-36/h2,7-8H,1,3-4H2. The minimum atomic E-state index is -5.55. The lowest BCUT2D eigenvalue weighted by Gasteiger charge is -2.24. The van der Waals surface area contributed by atoms with Gasteiger partial charge >= 0.3 is 45.1 Å². The molecular weight excluding hydrogens is 647 g/mol. The molecular formula is C5H9O27P5. The van der Waals surface area contributed by atoms with Crippen LogP contribution in [0.5, 0.6) is 0 Å².